The molecule has 5 nitrogen and oxygen atoms in total. The average molecular weight is 217 g/mol. The maximum atomic E-state index is 10.8. The van der Waals surface area contributed by atoms with Crippen molar-refractivity contribution in [3.05, 3.63) is 30.0 Å². The van der Waals surface area contributed by atoms with Crippen LogP contribution >= 0.6 is 0 Å². The quantitative estimate of drug-likeness (QED) is 0.786. The summed E-state index contributed by atoms with van der Waals surface area (Å²) in [7, 11) is 0. The van der Waals surface area contributed by atoms with Crippen LogP contribution in [0.1, 0.15) is 10.4 Å². The molecule has 1 aromatic carbocycles. The third-order valence-electron chi connectivity index (χ3n) is 2.43. The number of fused-ring (bicyclic) bond motifs is 3. The first-order valence-corrected chi connectivity index (χ1v) is 4.67. The molecule has 0 spiro atoms. The van der Waals surface area contributed by atoms with E-state index in [9.17, 15) is 4.79 Å². The van der Waals surface area contributed by atoms with Crippen LogP contribution in [0.2, 0.25) is 0 Å². The lowest BCUT2D eigenvalue weighted by molar-refractivity contribution is 0.0696. The Labute approximate surface area is 90.2 Å². The third-order valence-corrected chi connectivity index (χ3v) is 2.43. The van der Waals surface area contributed by atoms with E-state index in [1.807, 2.05) is 0 Å². The Morgan fingerprint density at radius 1 is 1.38 bits per heavy atom. The Bertz CT molecular complexity index is 594. The number of pyridine rings is 1. The lowest BCUT2D eigenvalue weighted by Gasteiger charge is -2.02. The molecule has 0 saturated carbocycles. The summed E-state index contributed by atoms with van der Waals surface area (Å²) in [4.78, 5) is 14.9. The number of ether oxygens (including phenoxy) is 2. The van der Waals surface area contributed by atoms with Crippen LogP contribution in [-0.2, 0) is 0 Å². The van der Waals surface area contributed by atoms with Gasteiger partial charge in [-0.1, -0.05) is 0 Å². The van der Waals surface area contributed by atoms with E-state index in [1.54, 1.807) is 18.2 Å². The molecule has 0 fully saturated rings. The highest BCUT2D eigenvalue weighted by Crippen LogP contribution is 2.37. The number of benzene rings is 1. The summed E-state index contributed by atoms with van der Waals surface area (Å²) < 4.78 is 10.5. The zero-order valence-corrected chi connectivity index (χ0v) is 8.14. The predicted octanol–water partition coefficient (Wildman–Crippen LogP) is 1.66. The number of carboxylic acids is 1. The van der Waals surface area contributed by atoms with Crippen LogP contribution in [0.5, 0.6) is 11.5 Å². The van der Waals surface area contributed by atoms with Gasteiger partial charge in [-0.3, -0.25) is 4.98 Å². The molecule has 0 radical (unpaired) electrons. The van der Waals surface area contributed by atoms with Crippen LogP contribution in [0, 0.1) is 0 Å². The highest BCUT2D eigenvalue weighted by Gasteiger charge is 2.18. The molecule has 0 saturated heterocycles. The van der Waals surface area contributed by atoms with E-state index in [0.29, 0.717) is 17.0 Å². The van der Waals surface area contributed by atoms with E-state index in [1.165, 1.54) is 6.20 Å². The van der Waals surface area contributed by atoms with Gasteiger partial charge in [0.25, 0.3) is 0 Å². The van der Waals surface area contributed by atoms with Gasteiger partial charge in [0.2, 0.25) is 6.79 Å². The lowest BCUT2D eigenvalue weighted by Crippen LogP contribution is -1.97. The topological polar surface area (TPSA) is 68.7 Å². The number of carboxylic acid groups (broad SMARTS) is 1. The molecule has 2 aromatic rings. The zero-order valence-electron chi connectivity index (χ0n) is 8.14. The zero-order chi connectivity index (χ0) is 11.1. The third kappa shape index (κ3) is 1.18. The molecule has 1 aliphatic rings. The summed E-state index contributed by atoms with van der Waals surface area (Å²) in [5.41, 5.74) is 0.784. The van der Waals surface area contributed by atoms with Crippen molar-refractivity contribution < 1.29 is 19.4 Å². The van der Waals surface area contributed by atoms with Crippen molar-refractivity contribution in [2.75, 3.05) is 6.79 Å². The van der Waals surface area contributed by atoms with Crippen LogP contribution in [0.25, 0.3) is 10.9 Å². The molecule has 1 N–H and O–H groups in total. The molecular weight excluding hydrogens is 210 g/mol. The Morgan fingerprint density at radius 3 is 3.06 bits per heavy atom. The molecule has 80 valence electrons. The molecule has 2 heterocycles. The van der Waals surface area contributed by atoms with Gasteiger partial charge in [-0.05, 0) is 18.2 Å². The van der Waals surface area contributed by atoms with E-state index in [-0.39, 0.29) is 12.4 Å². The van der Waals surface area contributed by atoms with Gasteiger partial charge in [0.05, 0.1) is 5.56 Å². The molecule has 16 heavy (non-hydrogen) atoms. The molecule has 0 atom stereocenters. The van der Waals surface area contributed by atoms with Gasteiger partial charge in [-0.15, -0.1) is 0 Å². The van der Waals surface area contributed by atoms with Crippen molar-refractivity contribution in [1.29, 1.82) is 0 Å². The van der Waals surface area contributed by atoms with E-state index < -0.39 is 5.97 Å². The van der Waals surface area contributed by atoms with E-state index in [4.69, 9.17) is 14.6 Å². The Kier molecular flexibility index (Phi) is 1.73. The standard InChI is InChI=1S/C11H7NO4/c13-11(14)7-3-6-1-2-8-10(16-5-15-8)9(6)12-4-7/h1-4H,5H2,(H,13,14). The van der Waals surface area contributed by atoms with E-state index >= 15 is 0 Å². The van der Waals surface area contributed by atoms with Crippen molar-refractivity contribution >= 4 is 16.9 Å². The summed E-state index contributed by atoms with van der Waals surface area (Å²) in [5, 5.41) is 9.57. The molecular formula is C11H7NO4. The van der Waals surface area contributed by atoms with Crippen LogP contribution < -0.4 is 9.47 Å². The van der Waals surface area contributed by atoms with E-state index in [2.05, 4.69) is 4.98 Å². The second kappa shape index (κ2) is 3.10. The van der Waals surface area contributed by atoms with Gasteiger partial charge in [0.1, 0.15) is 5.52 Å². The summed E-state index contributed by atoms with van der Waals surface area (Å²) in [6.45, 7) is 0.177. The minimum Gasteiger partial charge on any atom is -0.478 e. The van der Waals surface area contributed by atoms with Gasteiger partial charge < -0.3 is 14.6 Å². The summed E-state index contributed by atoms with van der Waals surface area (Å²) in [6, 6.07) is 5.08. The smallest absolute Gasteiger partial charge is 0.337 e. The maximum Gasteiger partial charge on any atom is 0.337 e. The fraction of sp³-hybridized carbons (Fsp3) is 0.0909. The van der Waals surface area contributed by atoms with Crippen LogP contribution in [0.4, 0.5) is 0 Å². The molecule has 5 heteroatoms. The SMILES string of the molecule is O=C(O)c1cnc2c3c(ccc2c1)OCO3. The molecule has 0 bridgehead atoms. The first-order chi connectivity index (χ1) is 7.75. The highest BCUT2D eigenvalue weighted by molar-refractivity contribution is 5.95. The minimum atomic E-state index is -0.993. The second-order valence-electron chi connectivity index (χ2n) is 3.40. The normalized spacial score (nSPS) is 13.0. The number of aromatic carboxylic acids is 1. The van der Waals surface area contributed by atoms with Gasteiger partial charge in [-0.25, -0.2) is 4.79 Å². The number of hydrogen-bond acceptors (Lipinski definition) is 4. The summed E-state index contributed by atoms with van der Waals surface area (Å²) >= 11 is 0. The number of nitrogens with zero attached hydrogens (tertiary/aromatic N) is 1. The average Bonchev–Trinajstić information content (AvgIpc) is 2.76. The highest BCUT2D eigenvalue weighted by atomic mass is 16.7. The number of aromatic nitrogens is 1. The van der Waals surface area contributed by atoms with Crippen molar-refractivity contribution in [2.24, 2.45) is 0 Å². The van der Waals surface area contributed by atoms with E-state index in [0.717, 1.165) is 5.39 Å². The Balaban J connectivity index is 2.28. The van der Waals surface area contributed by atoms with Crippen molar-refractivity contribution in [3.8, 4) is 11.5 Å². The first kappa shape index (κ1) is 8.96. The second-order valence-corrected chi connectivity index (χ2v) is 3.40. The lowest BCUT2D eigenvalue weighted by atomic mass is 10.1. The van der Waals surface area contributed by atoms with Crippen molar-refractivity contribution in [3.63, 3.8) is 0 Å². The fourth-order valence-corrected chi connectivity index (χ4v) is 1.68. The molecule has 0 aliphatic carbocycles. The molecule has 1 aliphatic heterocycles. The molecule has 3 rings (SSSR count). The fourth-order valence-electron chi connectivity index (χ4n) is 1.68. The van der Waals surface area contributed by atoms with Gasteiger partial charge in [0.15, 0.2) is 11.5 Å². The maximum absolute atomic E-state index is 10.8. The number of carbonyl (C=O) groups is 1. The summed E-state index contributed by atoms with van der Waals surface area (Å²) in [6.07, 6.45) is 1.31. The van der Waals surface area contributed by atoms with Crippen molar-refractivity contribution in [2.45, 2.75) is 0 Å². The first-order valence-electron chi connectivity index (χ1n) is 4.67. The monoisotopic (exact) mass is 217 g/mol. The van der Waals surface area contributed by atoms with Crippen LogP contribution in [-0.4, -0.2) is 22.9 Å². The van der Waals surface area contributed by atoms with Gasteiger partial charge in [0, 0.05) is 11.6 Å². The minimum absolute atomic E-state index is 0.159. The predicted molar refractivity (Wildman–Crippen MR) is 54.8 cm³/mol. The largest absolute Gasteiger partial charge is 0.478 e. The molecule has 1 aromatic heterocycles. The van der Waals surface area contributed by atoms with Crippen LogP contribution in [0.15, 0.2) is 24.4 Å². The van der Waals surface area contributed by atoms with Gasteiger partial charge >= 0.3 is 5.97 Å². The van der Waals surface area contributed by atoms with Crippen LogP contribution in [0.3, 0.4) is 0 Å². The van der Waals surface area contributed by atoms with Crippen molar-refractivity contribution in [1.82, 2.24) is 4.98 Å². The summed E-state index contributed by atoms with van der Waals surface area (Å²) in [5.74, 6) is 0.226. The van der Waals surface area contributed by atoms with Gasteiger partial charge in [-0.2, -0.15) is 0 Å². The number of rotatable bonds is 1. The molecule has 0 unspecified atom stereocenters. The number of hydrogen-bond donors (Lipinski definition) is 1. The Hall–Kier alpha value is -2.30. The Morgan fingerprint density at radius 2 is 2.25 bits per heavy atom. The molecule has 0 amide bonds.